The van der Waals surface area contributed by atoms with E-state index in [1.165, 1.54) is 0 Å². The highest BCUT2D eigenvalue weighted by atomic mass is 19.4. The van der Waals surface area contributed by atoms with E-state index in [-0.39, 0.29) is 23.9 Å². The van der Waals surface area contributed by atoms with Gasteiger partial charge in [0.1, 0.15) is 5.84 Å². The van der Waals surface area contributed by atoms with E-state index in [4.69, 9.17) is 5.73 Å². The molecule has 0 bridgehead atoms. The fourth-order valence-electron chi connectivity index (χ4n) is 1.75. The zero-order chi connectivity index (χ0) is 13.8. The van der Waals surface area contributed by atoms with Crippen LogP contribution in [0.4, 0.5) is 13.2 Å². The fourth-order valence-corrected chi connectivity index (χ4v) is 1.75. The largest absolute Gasteiger partial charge is 0.419 e. The molecule has 0 aliphatic carbocycles. The molecule has 1 rings (SSSR count). The molecule has 1 atom stereocenters. The summed E-state index contributed by atoms with van der Waals surface area (Å²) in [5.41, 5.74) is 4.97. The lowest BCUT2D eigenvalue weighted by Gasteiger charge is -2.16. The Morgan fingerprint density at radius 2 is 2.11 bits per heavy atom. The molecule has 0 aromatic heterocycles. The lowest BCUT2D eigenvalue weighted by Crippen LogP contribution is -2.26. The summed E-state index contributed by atoms with van der Waals surface area (Å²) in [5, 5.41) is 0. The van der Waals surface area contributed by atoms with Gasteiger partial charge in [-0.3, -0.25) is 4.99 Å². The van der Waals surface area contributed by atoms with Gasteiger partial charge in [0.15, 0.2) is 0 Å². The predicted octanol–water partition coefficient (Wildman–Crippen LogP) is 3.07. The van der Waals surface area contributed by atoms with Crippen LogP contribution < -0.4 is 5.73 Å². The Hall–Kier alpha value is -1.33. The highest BCUT2D eigenvalue weighted by molar-refractivity contribution is 6.05. The lowest BCUT2D eigenvalue weighted by atomic mass is 9.95. The van der Waals surface area contributed by atoms with Gasteiger partial charge in [0.2, 0.25) is 0 Å². The third-order valence-electron chi connectivity index (χ3n) is 2.84. The summed E-state index contributed by atoms with van der Waals surface area (Å²) >= 11 is 0. The Morgan fingerprint density at radius 1 is 1.44 bits per heavy atom. The summed E-state index contributed by atoms with van der Waals surface area (Å²) in [7, 11) is 0. The highest BCUT2D eigenvalue weighted by Crippen LogP contribution is 2.31. The van der Waals surface area contributed by atoms with Gasteiger partial charge in [-0.05, 0) is 19.3 Å². The summed E-state index contributed by atoms with van der Waals surface area (Å²) in [4.78, 5) is 7.76. The second-order valence-electron chi connectivity index (χ2n) is 4.23. The minimum absolute atomic E-state index is 0.0698. The van der Waals surface area contributed by atoms with Gasteiger partial charge in [0, 0.05) is 24.4 Å². The molecule has 1 aliphatic rings. The van der Waals surface area contributed by atoms with Crippen molar-refractivity contribution in [3.8, 4) is 0 Å². The van der Waals surface area contributed by atoms with Crippen LogP contribution in [0.25, 0.3) is 0 Å². The second-order valence-corrected chi connectivity index (χ2v) is 4.23. The first-order valence-electron chi connectivity index (χ1n) is 6.04. The molecule has 0 radical (unpaired) electrons. The Kier molecular flexibility index (Phi) is 4.93. The molecule has 3 nitrogen and oxygen atoms in total. The average Bonchev–Trinajstić information content (AvgIpc) is 2.45. The number of halogens is 3. The van der Waals surface area contributed by atoms with E-state index < -0.39 is 11.7 Å². The number of hydrogen-bond acceptors (Lipinski definition) is 3. The number of hydrogen-bond donors (Lipinski definition) is 1. The highest BCUT2D eigenvalue weighted by Gasteiger charge is 2.38. The zero-order valence-corrected chi connectivity index (χ0v) is 10.6. The molecule has 0 saturated carbocycles. The minimum atomic E-state index is -4.43. The van der Waals surface area contributed by atoms with Gasteiger partial charge in [-0.15, -0.1) is 0 Å². The molecular formula is C12H18F3N3. The summed E-state index contributed by atoms with van der Waals surface area (Å²) in [6, 6.07) is 0. The van der Waals surface area contributed by atoms with Gasteiger partial charge in [-0.2, -0.15) is 13.2 Å². The van der Waals surface area contributed by atoms with E-state index in [1.807, 2.05) is 13.8 Å². The van der Waals surface area contributed by atoms with Crippen molar-refractivity contribution in [1.82, 2.24) is 0 Å². The van der Waals surface area contributed by atoms with Gasteiger partial charge in [-0.25, -0.2) is 4.99 Å². The van der Waals surface area contributed by atoms with Gasteiger partial charge in [0.25, 0.3) is 0 Å². The van der Waals surface area contributed by atoms with E-state index in [1.54, 1.807) is 0 Å². The lowest BCUT2D eigenvalue weighted by molar-refractivity contribution is -0.0863. The number of amidine groups is 1. The third kappa shape index (κ3) is 3.58. The second kappa shape index (κ2) is 6.02. The maximum Gasteiger partial charge on any atom is 0.419 e. The molecule has 1 aliphatic heterocycles. The van der Waals surface area contributed by atoms with Crippen LogP contribution in [-0.2, 0) is 0 Å². The van der Waals surface area contributed by atoms with Crippen molar-refractivity contribution in [3.63, 3.8) is 0 Å². The van der Waals surface area contributed by atoms with E-state index in [9.17, 15) is 13.2 Å². The first kappa shape index (κ1) is 14.7. The van der Waals surface area contributed by atoms with Crippen molar-refractivity contribution >= 4 is 11.5 Å². The average molecular weight is 261 g/mol. The first-order valence-corrected chi connectivity index (χ1v) is 6.04. The van der Waals surface area contributed by atoms with Crippen LogP contribution in [0, 0.1) is 5.92 Å². The van der Waals surface area contributed by atoms with Crippen LogP contribution in [0.5, 0.6) is 0 Å². The quantitative estimate of drug-likeness (QED) is 0.834. The van der Waals surface area contributed by atoms with Crippen LogP contribution >= 0.6 is 0 Å². The Morgan fingerprint density at radius 3 is 2.61 bits per heavy atom. The fraction of sp³-hybridized carbons (Fsp3) is 0.667. The Bertz CT molecular complexity index is 381. The van der Waals surface area contributed by atoms with Crippen LogP contribution in [0.2, 0.25) is 0 Å². The van der Waals surface area contributed by atoms with E-state index in [0.717, 1.165) is 6.20 Å². The molecule has 0 aromatic carbocycles. The third-order valence-corrected chi connectivity index (χ3v) is 2.84. The van der Waals surface area contributed by atoms with Crippen molar-refractivity contribution in [2.45, 2.75) is 39.3 Å². The van der Waals surface area contributed by atoms with Crippen LogP contribution in [0.15, 0.2) is 21.8 Å². The van der Waals surface area contributed by atoms with Crippen molar-refractivity contribution < 1.29 is 13.2 Å². The summed E-state index contributed by atoms with van der Waals surface area (Å²) in [5.74, 6) is 0.0812. The van der Waals surface area contributed by atoms with Gasteiger partial charge in [-0.1, -0.05) is 13.8 Å². The number of nitrogens with zero attached hydrogens (tertiary/aromatic N) is 2. The predicted molar refractivity (Wildman–Crippen MR) is 66.8 cm³/mol. The SMILES string of the molecule is CCCN=C1CC(CC)C(N)=NC=C1C(F)(F)F. The van der Waals surface area contributed by atoms with Gasteiger partial charge >= 0.3 is 6.18 Å². The molecule has 6 heteroatoms. The van der Waals surface area contributed by atoms with Crippen molar-refractivity contribution in [2.75, 3.05) is 6.54 Å². The molecular weight excluding hydrogens is 243 g/mol. The topological polar surface area (TPSA) is 50.7 Å². The summed E-state index contributed by atoms with van der Waals surface area (Å²) in [6.45, 7) is 4.14. The minimum Gasteiger partial charge on any atom is -0.387 e. The van der Waals surface area contributed by atoms with E-state index in [0.29, 0.717) is 19.4 Å². The summed E-state index contributed by atoms with van der Waals surface area (Å²) < 4.78 is 38.7. The monoisotopic (exact) mass is 261 g/mol. The summed E-state index contributed by atoms with van der Waals surface area (Å²) in [6.07, 6.45) is -2.06. The van der Waals surface area contributed by atoms with Crippen LogP contribution in [-0.4, -0.2) is 24.3 Å². The maximum atomic E-state index is 12.9. The van der Waals surface area contributed by atoms with Crippen molar-refractivity contribution in [3.05, 3.63) is 11.8 Å². The van der Waals surface area contributed by atoms with Crippen LogP contribution in [0.3, 0.4) is 0 Å². The zero-order valence-electron chi connectivity index (χ0n) is 10.6. The molecule has 102 valence electrons. The molecule has 0 fully saturated rings. The number of rotatable bonds is 3. The van der Waals surface area contributed by atoms with E-state index in [2.05, 4.69) is 9.98 Å². The molecule has 1 heterocycles. The Balaban J connectivity index is 3.11. The van der Waals surface area contributed by atoms with Crippen molar-refractivity contribution in [1.29, 1.82) is 0 Å². The number of allylic oxidation sites excluding steroid dienone is 1. The maximum absolute atomic E-state index is 12.9. The Labute approximate surface area is 105 Å². The molecule has 0 aromatic rings. The smallest absolute Gasteiger partial charge is 0.387 e. The van der Waals surface area contributed by atoms with Crippen molar-refractivity contribution in [2.24, 2.45) is 21.6 Å². The number of nitrogens with two attached hydrogens (primary N) is 1. The normalized spacial score (nSPS) is 23.6. The first-order chi connectivity index (χ1) is 8.40. The van der Waals surface area contributed by atoms with Crippen LogP contribution in [0.1, 0.15) is 33.1 Å². The number of alkyl halides is 3. The van der Waals surface area contributed by atoms with Gasteiger partial charge in [0.05, 0.1) is 5.57 Å². The standard InChI is InChI=1S/C12H18F3N3/c1-3-5-17-10-6-8(4-2)11(16)18-7-9(10)12(13,14)15/h7-8H,3-6H2,1-2H3,(H2,16,18). The van der Waals surface area contributed by atoms with E-state index >= 15 is 0 Å². The molecule has 0 amide bonds. The molecule has 2 N–H and O–H groups in total. The molecule has 0 saturated heterocycles. The van der Waals surface area contributed by atoms with Gasteiger partial charge < -0.3 is 5.73 Å². The molecule has 1 unspecified atom stereocenters. The molecule has 18 heavy (non-hydrogen) atoms. The molecule has 0 spiro atoms. The number of aliphatic imine (C=N–C) groups is 2.